The zero-order chi connectivity index (χ0) is 19.0. The number of likely N-dealkylation sites (tertiary alicyclic amines) is 1. The minimum Gasteiger partial charge on any atom is -0.351 e. The van der Waals surface area contributed by atoms with Crippen molar-refractivity contribution < 1.29 is 9.59 Å². The molecule has 2 aromatic heterocycles. The summed E-state index contributed by atoms with van der Waals surface area (Å²) in [7, 11) is 1.75. The highest BCUT2D eigenvalue weighted by Crippen LogP contribution is 2.30. The summed E-state index contributed by atoms with van der Waals surface area (Å²) >= 11 is 1.35. The van der Waals surface area contributed by atoms with Gasteiger partial charge >= 0.3 is 0 Å². The maximum Gasteiger partial charge on any atom is 0.261 e. The highest BCUT2D eigenvalue weighted by molar-refractivity contribution is 7.21. The second kappa shape index (κ2) is 7.15. The summed E-state index contributed by atoms with van der Waals surface area (Å²) in [6.45, 7) is 2.01. The number of hydrogen-bond donors (Lipinski definition) is 1. The first kappa shape index (κ1) is 17.7. The van der Waals surface area contributed by atoms with Crippen molar-refractivity contribution in [1.29, 1.82) is 0 Å². The lowest BCUT2D eigenvalue weighted by atomic mass is 10.2. The lowest BCUT2D eigenvalue weighted by molar-refractivity contribution is -0.127. The van der Waals surface area contributed by atoms with Crippen molar-refractivity contribution in [3.05, 3.63) is 45.6 Å². The molecule has 1 aliphatic rings. The maximum absolute atomic E-state index is 12.6. The molecular formula is C20H21N3O3S. The van der Waals surface area contributed by atoms with E-state index in [9.17, 15) is 14.4 Å². The van der Waals surface area contributed by atoms with Crippen LogP contribution in [0.25, 0.3) is 21.0 Å². The van der Waals surface area contributed by atoms with Gasteiger partial charge in [0.1, 0.15) is 0 Å². The van der Waals surface area contributed by atoms with Crippen molar-refractivity contribution >= 4 is 44.1 Å². The van der Waals surface area contributed by atoms with Crippen molar-refractivity contribution in [3.63, 3.8) is 0 Å². The van der Waals surface area contributed by atoms with Gasteiger partial charge in [-0.3, -0.25) is 14.4 Å². The molecular weight excluding hydrogens is 362 g/mol. The quantitative estimate of drug-likeness (QED) is 0.688. The number of nitrogens with one attached hydrogen (secondary N) is 1. The van der Waals surface area contributed by atoms with E-state index in [1.165, 1.54) is 11.3 Å². The molecule has 7 heteroatoms. The molecule has 1 N–H and O–H groups in total. The fourth-order valence-corrected chi connectivity index (χ4v) is 4.71. The summed E-state index contributed by atoms with van der Waals surface area (Å²) in [6.07, 6.45) is 2.29. The number of rotatable bonds is 5. The number of para-hydroxylation sites is 1. The third kappa shape index (κ3) is 3.23. The number of aromatic nitrogens is 1. The van der Waals surface area contributed by atoms with Crippen LogP contribution in [0.4, 0.5) is 0 Å². The lowest BCUT2D eigenvalue weighted by Gasteiger charge is -2.15. The normalized spacial score (nSPS) is 14.4. The van der Waals surface area contributed by atoms with Gasteiger partial charge in [0.05, 0.1) is 15.8 Å². The number of benzene rings is 1. The second-order valence-corrected chi connectivity index (χ2v) is 7.88. The van der Waals surface area contributed by atoms with Crippen LogP contribution in [0.15, 0.2) is 35.1 Å². The van der Waals surface area contributed by atoms with Gasteiger partial charge in [-0.25, -0.2) is 0 Å². The Kier molecular flexibility index (Phi) is 4.70. The third-order valence-electron chi connectivity index (χ3n) is 5.06. The molecule has 1 fully saturated rings. The fourth-order valence-electron chi connectivity index (χ4n) is 3.61. The Hall–Kier alpha value is -2.67. The van der Waals surface area contributed by atoms with Crippen molar-refractivity contribution in [3.8, 4) is 0 Å². The average Bonchev–Trinajstić information content (AvgIpc) is 3.30. The summed E-state index contributed by atoms with van der Waals surface area (Å²) in [4.78, 5) is 39.1. The van der Waals surface area contributed by atoms with E-state index in [2.05, 4.69) is 5.32 Å². The number of carbonyl (C=O) groups excluding carboxylic acids is 2. The Balaban J connectivity index is 1.51. The predicted octanol–water partition coefficient (Wildman–Crippen LogP) is 2.50. The SMILES string of the molecule is Cn1c(=O)c2cc(C(=O)NCCCN3CCCC3=O)sc2c2ccccc21. The molecule has 6 nitrogen and oxygen atoms in total. The van der Waals surface area contributed by atoms with Crippen molar-refractivity contribution in [2.45, 2.75) is 19.3 Å². The van der Waals surface area contributed by atoms with Crippen LogP contribution in [0, 0.1) is 0 Å². The second-order valence-electron chi connectivity index (χ2n) is 6.83. The van der Waals surface area contributed by atoms with Gasteiger partial charge in [0.15, 0.2) is 0 Å². The Bertz CT molecular complexity index is 1100. The third-order valence-corrected chi connectivity index (χ3v) is 6.23. The number of aryl methyl sites for hydroxylation is 1. The number of pyridine rings is 1. The average molecular weight is 383 g/mol. The van der Waals surface area contributed by atoms with E-state index < -0.39 is 0 Å². The molecule has 1 saturated heterocycles. The molecule has 27 heavy (non-hydrogen) atoms. The van der Waals surface area contributed by atoms with Gasteiger partial charge in [-0.05, 0) is 25.0 Å². The summed E-state index contributed by atoms with van der Waals surface area (Å²) in [5.41, 5.74) is 0.769. The number of amides is 2. The summed E-state index contributed by atoms with van der Waals surface area (Å²) in [5.74, 6) is 0.0311. The Morgan fingerprint density at radius 2 is 2.04 bits per heavy atom. The number of hydrogen-bond acceptors (Lipinski definition) is 4. The first-order valence-corrected chi connectivity index (χ1v) is 9.95. The molecule has 0 radical (unpaired) electrons. The standard InChI is InChI=1S/C20H21N3O3S/c1-22-15-7-3-2-6-13(15)18-14(20(22)26)12-16(27-18)19(25)21-9-5-11-23-10-4-8-17(23)24/h2-3,6-7,12H,4-5,8-11H2,1H3,(H,21,25). The van der Waals surface area contributed by atoms with Gasteiger partial charge in [0.2, 0.25) is 5.91 Å². The molecule has 3 heterocycles. The molecule has 0 bridgehead atoms. The van der Waals surface area contributed by atoms with Crippen LogP contribution in [0.1, 0.15) is 28.9 Å². The van der Waals surface area contributed by atoms with Crippen LogP contribution < -0.4 is 10.9 Å². The van der Waals surface area contributed by atoms with Crippen molar-refractivity contribution in [1.82, 2.24) is 14.8 Å². The number of carbonyl (C=O) groups is 2. The lowest BCUT2D eigenvalue weighted by Crippen LogP contribution is -2.30. The van der Waals surface area contributed by atoms with Crippen LogP contribution in [-0.2, 0) is 11.8 Å². The first-order valence-electron chi connectivity index (χ1n) is 9.13. The van der Waals surface area contributed by atoms with Crippen molar-refractivity contribution in [2.24, 2.45) is 7.05 Å². The molecule has 2 amide bonds. The first-order chi connectivity index (χ1) is 13.1. The van der Waals surface area contributed by atoms with Gasteiger partial charge in [0, 0.05) is 43.2 Å². The zero-order valence-electron chi connectivity index (χ0n) is 15.2. The molecule has 4 rings (SSSR count). The van der Waals surface area contributed by atoms with Gasteiger partial charge in [0.25, 0.3) is 11.5 Å². The van der Waals surface area contributed by atoms with Crippen LogP contribution in [0.5, 0.6) is 0 Å². The van der Waals surface area contributed by atoms with Gasteiger partial charge in [-0.2, -0.15) is 0 Å². The van der Waals surface area contributed by atoms with Crippen LogP contribution in [0.3, 0.4) is 0 Å². The zero-order valence-corrected chi connectivity index (χ0v) is 16.0. The van der Waals surface area contributed by atoms with E-state index >= 15 is 0 Å². The number of thiophene rings is 1. The molecule has 3 aromatic rings. The van der Waals surface area contributed by atoms with E-state index in [0.29, 0.717) is 29.8 Å². The predicted molar refractivity (Wildman–Crippen MR) is 107 cm³/mol. The molecule has 0 spiro atoms. The van der Waals surface area contributed by atoms with Crippen LogP contribution >= 0.6 is 11.3 Å². The number of fused-ring (bicyclic) bond motifs is 3. The largest absolute Gasteiger partial charge is 0.351 e. The minimum atomic E-state index is -0.171. The fraction of sp³-hybridized carbons (Fsp3) is 0.350. The highest BCUT2D eigenvalue weighted by Gasteiger charge is 2.19. The van der Waals surface area contributed by atoms with Gasteiger partial charge in [-0.1, -0.05) is 18.2 Å². The van der Waals surface area contributed by atoms with E-state index in [-0.39, 0.29) is 17.4 Å². The minimum absolute atomic E-state index is 0.0912. The Labute approximate surface area is 160 Å². The van der Waals surface area contributed by atoms with Gasteiger partial charge < -0.3 is 14.8 Å². The monoisotopic (exact) mass is 383 g/mol. The molecule has 140 valence electrons. The van der Waals surface area contributed by atoms with E-state index in [4.69, 9.17) is 0 Å². The molecule has 1 aromatic carbocycles. The highest BCUT2D eigenvalue weighted by atomic mass is 32.1. The molecule has 0 aliphatic carbocycles. The topological polar surface area (TPSA) is 71.4 Å². The maximum atomic E-state index is 12.6. The molecule has 1 aliphatic heterocycles. The molecule has 0 atom stereocenters. The van der Waals surface area contributed by atoms with Crippen LogP contribution in [-0.4, -0.2) is 40.9 Å². The summed E-state index contributed by atoms with van der Waals surface area (Å²) in [5, 5.41) is 4.46. The smallest absolute Gasteiger partial charge is 0.261 e. The summed E-state index contributed by atoms with van der Waals surface area (Å²) < 4.78 is 2.47. The number of nitrogens with zero attached hydrogens (tertiary/aromatic N) is 2. The van der Waals surface area contributed by atoms with Crippen molar-refractivity contribution in [2.75, 3.05) is 19.6 Å². The van der Waals surface area contributed by atoms with Crippen LogP contribution in [0.2, 0.25) is 0 Å². The van der Waals surface area contributed by atoms with E-state index in [1.807, 2.05) is 29.2 Å². The van der Waals surface area contributed by atoms with Gasteiger partial charge in [-0.15, -0.1) is 11.3 Å². The Morgan fingerprint density at radius 1 is 1.22 bits per heavy atom. The Morgan fingerprint density at radius 3 is 2.81 bits per heavy atom. The van der Waals surface area contributed by atoms with E-state index in [1.54, 1.807) is 17.7 Å². The van der Waals surface area contributed by atoms with E-state index in [0.717, 1.165) is 35.0 Å². The molecule has 0 unspecified atom stereocenters. The summed E-state index contributed by atoms with van der Waals surface area (Å²) in [6, 6.07) is 9.41. The molecule has 0 saturated carbocycles.